The summed E-state index contributed by atoms with van der Waals surface area (Å²) in [7, 11) is -4.04. The lowest BCUT2D eigenvalue weighted by atomic mass is 10.2. The van der Waals surface area contributed by atoms with E-state index in [9.17, 15) is 13.5 Å². The molecule has 0 heterocycles. The number of halogens is 4. The van der Waals surface area contributed by atoms with Gasteiger partial charge < -0.3 is 5.11 Å². The summed E-state index contributed by atoms with van der Waals surface area (Å²) in [5.74, 6) is -0.763. The highest BCUT2D eigenvalue weighted by molar-refractivity contribution is 14.1. The van der Waals surface area contributed by atoms with E-state index < -0.39 is 15.9 Å². The molecule has 0 fully saturated rings. The van der Waals surface area contributed by atoms with Crippen LogP contribution in [0.5, 0.6) is 0 Å². The summed E-state index contributed by atoms with van der Waals surface area (Å²) in [6.45, 7) is 0. The number of sulfonamides is 1. The Balaban J connectivity index is 2.53. The summed E-state index contributed by atoms with van der Waals surface area (Å²) >= 11 is 9.39. The van der Waals surface area contributed by atoms with Crippen LogP contribution in [-0.2, 0) is 10.0 Å². The summed E-state index contributed by atoms with van der Waals surface area (Å²) in [6.07, 6.45) is 0. The highest BCUT2D eigenvalue weighted by atomic mass is 127. The molecule has 0 aliphatic heterocycles. The fourth-order valence-electron chi connectivity index (χ4n) is 1.55. The average molecular weight is 717 g/mol. The van der Waals surface area contributed by atoms with Crippen LogP contribution < -0.4 is 5.11 Å². The first-order valence-corrected chi connectivity index (χ1v) is 11.1. The first-order chi connectivity index (χ1) is 10.2. The van der Waals surface area contributed by atoms with Gasteiger partial charge in [0, 0.05) is 26.6 Å². The SMILES string of the molecule is O=S(=O)(/N=C(\[O-])c1cc(I)cc(I)c1I)c1cccc(Br)c1. The van der Waals surface area contributed by atoms with Crippen molar-refractivity contribution in [3.05, 3.63) is 57.1 Å². The van der Waals surface area contributed by atoms with Crippen LogP contribution in [0.4, 0.5) is 0 Å². The zero-order valence-corrected chi connectivity index (χ0v) is 19.4. The molecule has 0 atom stereocenters. The van der Waals surface area contributed by atoms with E-state index in [4.69, 9.17) is 0 Å². The average Bonchev–Trinajstić information content (AvgIpc) is 2.42. The quantitative estimate of drug-likeness (QED) is 0.211. The predicted octanol–water partition coefficient (Wildman–Crippen LogP) is 3.76. The Labute approximate surface area is 177 Å². The molecule has 0 spiro atoms. The molecule has 2 rings (SSSR count). The van der Waals surface area contributed by atoms with Gasteiger partial charge in [-0.05, 0) is 98.1 Å². The predicted molar refractivity (Wildman–Crippen MR) is 112 cm³/mol. The van der Waals surface area contributed by atoms with Gasteiger partial charge >= 0.3 is 0 Å². The number of hydrogen-bond acceptors (Lipinski definition) is 3. The molecule has 9 heteroatoms. The van der Waals surface area contributed by atoms with Crippen LogP contribution in [0.1, 0.15) is 5.56 Å². The van der Waals surface area contributed by atoms with E-state index in [2.05, 4.69) is 65.5 Å². The molecule has 0 radical (unpaired) electrons. The van der Waals surface area contributed by atoms with Crippen LogP contribution in [-0.4, -0.2) is 14.3 Å². The number of benzene rings is 2. The molecular weight excluding hydrogens is 711 g/mol. The summed E-state index contributed by atoms with van der Waals surface area (Å²) in [5.41, 5.74) is 0.287. The van der Waals surface area contributed by atoms with E-state index in [-0.39, 0.29) is 10.5 Å². The molecule has 0 bridgehead atoms. The maximum absolute atomic E-state index is 12.3. The molecule has 2 aromatic rings. The van der Waals surface area contributed by atoms with Crippen molar-refractivity contribution in [2.45, 2.75) is 4.90 Å². The first-order valence-electron chi connectivity index (χ1n) is 5.63. The van der Waals surface area contributed by atoms with Gasteiger partial charge in [0.25, 0.3) is 10.0 Å². The first kappa shape index (κ1) is 18.9. The lowest BCUT2D eigenvalue weighted by Gasteiger charge is -2.14. The minimum atomic E-state index is -4.04. The highest BCUT2D eigenvalue weighted by Crippen LogP contribution is 2.24. The van der Waals surface area contributed by atoms with Crippen molar-refractivity contribution in [1.82, 2.24) is 0 Å². The smallest absolute Gasteiger partial charge is 0.281 e. The van der Waals surface area contributed by atoms with E-state index in [1.54, 1.807) is 18.2 Å². The van der Waals surface area contributed by atoms with Crippen LogP contribution >= 0.6 is 83.7 Å². The van der Waals surface area contributed by atoms with Crippen molar-refractivity contribution in [3.63, 3.8) is 0 Å². The van der Waals surface area contributed by atoms with Gasteiger partial charge in [-0.1, -0.05) is 22.0 Å². The van der Waals surface area contributed by atoms with Gasteiger partial charge in [0.1, 0.15) is 0 Å². The van der Waals surface area contributed by atoms with E-state index in [0.717, 1.165) is 7.14 Å². The van der Waals surface area contributed by atoms with Crippen LogP contribution in [0.15, 0.2) is 50.2 Å². The Morgan fingerprint density at radius 2 is 1.82 bits per heavy atom. The molecule has 116 valence electrons. The van der Waals surface area contributed by atoms with Crippen molar-refractivity contribution in [1.29, 1.82) is 0 Å². The Bertz CT molecular complexity index is 869. The molecular formula is C13H6BrI3NO3S-. The molecule has 22 heavy (non-hydrogen) atoms. The molecule has 2 aromatic carbocycles. The van der Waals surface area contributed by atoms with Gasteiger partial charge in [0.05, 0.1) is 4.90 Å². The van der Waals surface area contributed by atoms with Crippen LogP contribution in [0, 0.1) is 10.7 Å². The summed E-state index contributed by atoms with van der Waals surface area (Å²) in [6, 6.07) is 9.63. The molecule has 0 aliphatic rings. The second kappa shape index (κ2) is 7.61. The second-order valence-electron chi connectivity index (χ2n) is 4.08. The molecule has 0 aliphatic carbocycles. The topological polar surface area (TPSA) is 69.6 Å². The zero-order chi connectivity index (χ0) is 16.5. The fraction of sp³-hybridized carbons (Fsp3) is 0. The second-order valence-corrected chi connectivity index (χ2v) is 10.1. The fourth-order valence-corrected chi connectivity index (χ4v) is 5.44. The Hall–Kier alpha value is 0.530. The van der Waals surface area contributed by atoms with Crippen molar-refractivity contribution in [2.75, 3.05) is 0 Å². The number of hydrogen-bond donors (Lipinski definition) is 0. The van der Waals surface area contributed by atoms with Crippen LogP contribution in [0.3, 0.4) is 0 Å². The lowest BCUT2D eigenvalue weighted by molar-refractivity contribution is -0.212. The summed E-state index contributed by atoms with van der Waals surface area (Å²) in [4.78, 5) is -0.0226. The highest BCUT2D eigenvalue weighted by Gasteiger charge is 2.14. The third-order valence-corrected chi connectivity index (χ3v) is 7.94. The lowest BCUT2D eigenvalue weighted by Crippen LogP contribution is -2.22. The molecule has 0 amide bonds. The third-order valence-electron chi connectivity index (χ3n) is 2.52. The van der Waals surface area contributed by atoms with E-state index >= 15 is 0 Å². The molecule has 0 saturated heterocycles. The van der Waals surface area contributed by atoms with Gasteiger partial charge in [0.15, 0.2) is 0 Å². The Kier molecular flexibility index (Phi) is 6.53. The number of rotatable bonds is 3. The number of nitrogens with zero attached hydrogens (tertiary/aromatic N) is 1. The van der Waals surface area contributed by atoms with Crippen molar-refractivity contribution in [3.8, 4) is 0 Å². The normalized spacial score (nSPS) is 12.5. The molecule has 0 saturated carbocycles. The van der Waals surface area contributed by atoms with Gasteiger partial charge in [-0.25, -0.2) is 0 Å². The van der Waals surface area contributed by atoms with Gasteiger partial charge in [-0.2, -0.15) is 12.8 Å². The minimum absolute atomic E-state index is 0.0226. The molecule has 0 unspecified atom stereocenters. The van der Waals surface area contributed by atoms with E-state index in [1.165, 1.54) is 12.1 Å². The van der Waals surface area contributed by atoms with Crippen molar-refractivity contribution < 1.29 is 13.5 Å². The standard InChI is InChI=1S/C13H7BrI3NO3S/c14-7-2-1-3-9(4-7)22(20,21)18-13(19)10-5-8(15)6-11(16)12(10)17/h1-6H,(H,18,19)/p-1. The minimum Gasteiger partial charge on any atom is -0.858 e. The monoisotopic (exact) mass is 716 g/mol. The maximum Gasteiger partial charge on any atom is 0.281 e. The van der Waals surface area contributed by atoms with Gasteiger partial charge in [-0.3, -0.25) is 0 Å². The van der Waals surface area contributed by atoms with Gasteiger partial charge in [-0.15, -0.1) is 0 Å². The largest absolute Gasteiger partial charge is 0.858 e. The van der Waals surface area contributed by atoms with E-state index in [0.29, 0.717) is 8.04 Å². The summed E-state index contributed by atoms with van der Waals surface area (Å²) < 4.78 is 30.9. The molecule has 0 aromatic heterocycles. The maximum atomic E-state index is 12.3. The Morgan fingerprint density at radius 3 is 2.45 bits per heavy atom. The van der Waals surface area contributed by atoms with Crippen molar-refractivity contribution in [2.24, 2.45) is 4.40 Å². The zero-order valence-electron chi connectivity index (χ0n) is 10.6. The Morgan fingerprint density at radius 1 is 1.14 bits per heavy atom. The van der Waals surface area contributed by atoms with E-state index in [1.807, 2.05) is 28.7 Å². The summed E-state index contributed by atoms with van der Waals surface area (Å²) in [5, 5.41) is 12.3. The van der Waals surface area contributed by atoms with Crippen LogP contribution in [0.2, 0.25) is 0 Å². The molecule has 4 nitrogen and oxygen atoms in total. The van der Waals surface area contributed by atoms with Crippen LogP contribution in [0.25, 0.3) is 0 Å². The molecule has 0 N–H and O–H groups in total. The van der Waals surface area contributed by atoms with Crippen molar-refractivity contribution >= 4 is 99.6 Å². The third kappa shape index (κ3) is 4.54. The van der Waals surface area contributed by atoms with Gasteiger partial charge in [0.2, 0.25) is 0 Å².